The summed E-state index contributed by atoms with van der Waals surface area (Å²) in [5.74, 6) is 1.01. The Bertz CT molecular complexity index is 795. The number of hydrogen-bond donors (Lipinski definition) is 1. The van der Waals surface area contributed by atoms with E-state index in [9.17, 15) is 14.7 Å². The van der Waals surface area contributed by atoms with Crippen LogP contribution in [0.4, 0.5) is 0 Å². The molecule has 2 saturated carbocycles. The topological polar surface area (TPSA) is 75.4 Å². The number of carbonyl (C=O) groups excluding carboxylic acids is 1. The van der Waals surface area contributed by atoms with Gasteiger partial charge in [-0.25, -0.2) is 0 Å². The molecule has 1 saturated heterocycles. The van der Waals surface area contributed by atoms with Crippen LogP contribution >= 0.6 is 0 Å². The summed E-state index contributed by atoms with van der Waals surface area (Å²) in [7, 11) is 0. The molecule has 1 aliphatic heterocycles. The average Bonchev–Trinajstić information content (AvgIpc) is 3.22. The Morgan fingerprint density at radius 3 is 2.63 bits per heavy atom. The van der Waals surface area contributed by atoms with Crippen LogP contribution in [0.15, 0.2) is 23.4 Å². The standard InChI is InChI=1S/C24H37N3O3/c1-19(15-20-7-3-2-4-8-20)22(29)27-13-11-24(30,23(17-27)9-5-6-10-23)18-26-14-12-25-16-21(26)28/h12,14,16,19-20,30H,2-11,13,15,17-18H2,1H3/t19-,24?/m1/s1. The zero-order valence-corrected chi connectivity index (χ0v) is 18.4. The predicted octanol–water partition coefficient (Wildman–Crippen LogP) is 3.37. The Kier molecular flexibility index (Phi) is 6.33. The normalized spacial score (nSPS) is 28.0. The van der Waals surface area contributed by atoms with Gasteiger partial charge in [0, 0.05) is 36.8 Å². The summed E-state index contributed by atoms with van der Waals surface area (Å²) in [5, 5.41) is 11.8. The van der Waals surface area contributed by atoms with E-state index >= 15 is 0 Å². The molecule has 30 heavy (non-hydrogen) atoms. The Labute approximate surface area is 179 Å². The molecule has 3 aliphatic rings. The van der Waals surface area contributed by atoms with Crippen LogP contribution in [0.25, 0.3) is 0 Å². The molecule has 1 amide bonds. The molecule has 1 unspecified atom stereocenters. The smallest absolute Gasteiger partial charge is 0.269 e. The first kappa shape index (κ1) is 21.5. The van der Waals surface area contributed by atoms with Gasteiger partial charge in [-0.3, -0.25) is 14.6 Å². The third-order valence-corrected chi connectivity index (χ3v) is 8.21. The van der Waals surface area contributed by atoms with Crippen LogP contribution in [0.1, 0.15) is 77.6 Å². The van der Waals surface area contributed by atoms with Crippen LogP contribution in [0.2, 0.25) is 0 Å². The van der Waals surface area contributed by atoms with Crippen molar-refractivity contribution in [3.05, 3.63) is 28.9 Å². The van der Waals surface area contributed by atoms with E-state index in [4.69, 9.17) is 0 Å². The van der Waals surface area contributed by atoms with E-state index in [0.29, 0.717) is 25.4 Å². The number of aromatic nitrogens is 2. The first-order valence-corrected chi connectivity index (χ1v) is 11.9. The largest absolute Gasteiger partial charge is 0.387 e. The number of rotatable bonds is 5. The lowest BCUT2D eigenvalue weighted by atomic mass is 9.65. The van der Waals surface area contributed by atoms with E-state index in [1.807, 2.05) is 4.90 Å². The van der Waals surface area contributed by atoms with E-state index in [1.165, 1.54) is 38.3 Å². The lowest BCUT2D eigenvalue weighted by Crippen LogP contribution is -2.62. The van der Waals surface area contributed by atoms with E-state index in [0.717, 1.165) is 32.1 Å². The molecule has 0 bridgehead atoms. The maximum absolute atomic E-state index is 13.3. The first-order valence-electron chi connectivity index (χ1n) is 11.9. The van der Waals surface area contributed by atoms with Crippen LogP contribution in [0.3, 0.4) is 0 Å². The summed E-state index contributed by atoms with van der Waals surface area (Å²) < 4.78 is 1.58. The second-order valence-corrected chi connectivity index (χ2v) is 10.2. The number of carbonyl (C=O) groups is 1. The molecular weight excluding hydrogens is 378 g/mol. The lowest BCUT2D eigenvalue weighted by Gasteiger charge is -2.52. The fourth-order valence-electron chi connectivity index (χ4n) is 6.41. The molecule has 6 nitrogen and oxygen atoms in total. The number of aliphatic hydroxyl groups is 1. The van der Waals surface area contributed by atoms with Gasteiger partial charge in [-0.15, -0.1) is 0 Å². The van der Waals surface area contributed by atoms with E-state index < -0.39 is 5.60 Å². The van der Waals surface area contributed by atoms with Gasteiger partial charge in [0.15, 0.2) is 0 Å². The number of hydrogen-bond acceptors (Lipinski definition) is 4. The van der Waals surface area contributed by atoms with Gasteiger partial charge >= 0.3 is 0 Å². The van der Waals surface area contributed by atoms with Crippen molar-refractivity contribution >= 4 is 5.91 Å². The van der Waals surface area contributed by atoms with Gasteiger partial charge in [-0.2, -0.15) is 0 Å². The number of amides is 1. The first-order chi connectivity index (χ1) is 14.4. The summed E-state index contributed by atoms with van der Waals surface area (Å²) in [4.78, 5) is 31.4. The Morgan fingerprint density at radius 1 is 1.20 bits per heavy atom. The summed E-state index contributed by atoms with van der Waals surface area (Å²) in [6.07, 6.45) is 16.6. The Balaban J connectivity index is 1.47. The molecule has 1 N–H and O–H groups in total. The molecule has 0 aromatic carbocycles. The molecule has 1 aromatic rings. The van der Waals surface area contributed by atoms with Gasteiger partial charge in [0.05, 0.1) is 18.3 Å². The monoisotopic (exact) mass is 415 g/mol. The van der Waals surface area contributed by atoms with Gasteiger partial charge in [0.25, 0.3) is 5.56 Å². The zero-order chi connectivity index (χ0) is 21.2. The quantitative estimate of drug-likeness (QED) is 0.800. The molecule has 1 spiro atoms. The summed E-state index contributed by atoms with van der Waals surface area (Å²) in [6, 6.07) is 0. The predicted molar refractivity (Wildman–Crippen MR) is 116 cm³/mol. The molecule has 2 heterocycles. The SMILES string of the molecule is C[C@H](CC1CCCCC1)C(=O)N1CCC(O)(Cn2ccncc2=O)C2(CCCC2)C1. The van der Waals surface area contributed by atoms with Crippen LogP contribution in [-0.4, -0.2) is 44.2 Å². The minimum atomic E-state index is -0.960. The van der Waals surface area contributed by atoms with Crippen LogP contribution in [0, 0.1) is 17.3 Å². The van der Waals surface area contributed by atoms with Gasteiger partial charge < -0.3 is 14.6 Å². The fraction of sp³-hybridized carbons (Fsp3) is 0.792. The van der Waals surface area contributed by atoms with Gasteiger partial charge in [-0.1, -0.05) is 51.9 Å². The van der Waals surface area contributed by atoms with Crippen molar-refractivity contribution in [1.82, 2.24) is 14.5 Å². The highest BCUT2D eigenvalue weighted by Gasteiger charge is 2.55. The van der Waals surface area contributed by atoms with Gasteiger partial charge in [0.2, 0.25) is 5.91 Å². The third kappa shape index (κ3) is 4.20. The number of likely N-dealkylation sites (tertiary alicyclic amines) is 1. The van der Waals surface area contributed by atoms with E-state index in [-0.39, 0.29) is 29.3 Å². The molecule has 3 fully saturated rings. The summed E-state index contributed by atoms with van der Waals surface area (Å²) in [6.45, 7) is 3.58. The molecule has 1 aromatic heterocycles. The molecule has 166 valence electrons. The average molecular weight is 416 g/mol. The number of nitrogens with zero attached hydrogens (tertiary/aromatic N) is 3. The van der Waals surface area contributed by atoms with Crippen molar-refractivity contribution in [2.24, 2.45) is 17.3 Å². The number of piperidine rings is 1. The highest BCUT2D eigenvalue weighted by Crippen LogP contribution is 2.51. The van der Waals surface area contributed by atoms with Crippen LogP contribution in [-0.2, 0) is 11.3 Å². The summed E-state index contributed by atoms with van der Waals surface area (Å²) >= 11 is 0. The second kappa shape index (κ2) is 8.81. The molecule has 6 heteroatoms. The third-order valence-electron chi connectivity index (χ3n) is 8.21. The molecular formula is C24H37N3O3. The minimum Gasteiger partial charge on any atom is -0.387 e. The van der Waals surface area contributed by atoms with Crippen molar-refractivity contribution in [1.29, 1.82) is 0 Å². The molecule has 0 radical (unpaired) electrons. The highest BCUT2D eigenvalue weighted by molar-refractivity contribution is 5.78. The van der Waals surface area contributed by atoms with Crippen molar-refractivity contribution in [2.45, 2.75) is 89.7 Å². The van der Waals surface area contributed by atoms with Crippen molar-refractivity contribution in [3.8, 4) is 0 Å². The van der Waals surface area contributed by atoms with Gasteiger partial charge in [0.1, 0.15) is 0 Å². The molecule has 2 aliphatic carbocycles. The van der Waals surface area contributed by atoms with Crippen LogP contribution in [0.5, 0.6) is 0 Å². The second-order valence-electron chi connectivity index (χ2n) is 10.2. The maximum Gasteiger partial charge on any atom is 0.269 e. The lowest BCUT2D eigenvalue weighted by molar-refractivity contribution is -0.163. The van der Waals surface area contributed by atoms with E-state index in [2.05, 4.69) is 11.9 Å². The van der Waals surface area contributed by atoms with Crippen molar-refractivity contribution in [3.63, 3.8) is 0 Å². The van der Waals surface area contributed by atoms with Crippen molar-refractivity contribution in [2.75, 3.05) is 13.1 Å². The summed E-state index contributed by atoms with van der Waals surface area (Å²) in [5.41, 5.74) is -1.45. The van der Waals surface area contributed by atoms with Gasteiger partial charge in [-0.05, 0) is 31.6 Å². The van der Waals surface area contributed by atoms with Crippen molar-refractivity contribution < 1.29 is 9.90 Å². The fourth-order valence-corrected chi connectivity index (χ4v) is 6.41. The Morgan fingerprint density at radius 2 is 1.93 bits per heavy atom. The van der Waals surface area contributed by atoms with E-state index in [1.54, 1.807) is 17.0 Å². The van der Waals surface area contributed by atoms with Crippen LogP contribution < -0.4 is 5.56 Å². The molecule has 4 rings (SSSR count). The Hall–Kier alpha value is -1.69. The highest BCUT2D eigenvalue weighted by atomic mass is 16.3. The molecule has 2 atom stereocenters. The minimum absolute atomic E-state index is 0.0561. The maximum atomic E-state index is 13.3. The zero-order valence-electron chi connectivity index (χ0n) is 18.4.